The van der Waals surface area contributed by atoms with E-state index in [4.69, 9.17) is 23.2 Å². The molecule has 28 heavy (non-hydrogen) atoms. The van der Waals surface area contributed by atoms with E-state index < -0.39 is 11.7 Å². The number of carbonyl (C=O) groups excluding carboxylic acids is 1. The summed E-state index contributed by atoms with van der Waals surface area (Å²) in [5.41, 5.74) is 2.62. The van der Waals surface area contributed by atoms with Gasteiger partial charge in [-0.3, -0.25) is 9.36 Å². The van der Waals surface area contributed by atoms with Crippen LogP contribution in [-0.2, 0) is 0 Å². The Balaban J connectivity index is 1.75. The van der Waals surface area contributed by atoms with Gasteiger partial charge in [0, 0.05) is 11.8 Å². The van der Waals surface area contributed by atoms with Crippen molar-refractivity contribution in [3.8, 4) is 5.69 Å². The number of fused-ring (bicyclic) bond motifs is 1. The fraction of sp³-hybridized carbons (Fsp3) is 0.0500. The molecule has 0 aliphatic carbocycles. The van der Waals surface area contributed by atoms with Gasteiger partial charge in [0.05, 0.1) is 21.4 Å². The van der Waals surface area contributed by atoms with Crippen molar-refractivity contribution in [2.45, 2.75) is 6.92 Å². The number of rotatable bonds is 3. The van der Waals surface area contributed by atoms with Gasteiger partial charge in [0.2, 0.25) is 0 Å². The Morgan fingerprint density at radius 3 is 2.71 bits per heavy atom. The Labute approximate surface area is 169 Å². The summed E-state index contributed by atoms with van der Waals surface area (Å²) < 4.78 is 15.0. The highest BCUT2D eigenvalue weighted by Crippen LogP contribution is 2.28. The highest BCUT2D eigenvalue weighted by molar-refractivity contribution is 6.34. The van der Waals surface area contributed by atoms with Crippen molar-refractivity contribution in [1.82, 2.24) is 14.5 Å². The lowest BCUT2D eigenvalue weighted by Crippen LogP contribution is -2.13. The van der Waals surface area contributed by atoms with Crippen LogP contribution < -0.4 is 5.32 Å². The second kappa shape index (κ2) is 7.22. The van der Waals surface area contributed by atoms with Gasteiger partial charge in [-0.2, -0.15) is 0 Å². The summed E-state index contributed by atoms with van der Waals surface area (Å²) in [6.07, 6.45) is 1.67. The smallest absolute Gasteiger partial charge is 0.255 e. The van der Waals surface area contributed by atoms with E-state index in [1.54, 1.807) is 35.0 Å². The van der Waals surface area contributed by atoms with Gasteiger partial charge in [-0.15, -0.1) is 0 Å². The van der Waals surface area contributed by atoms with Crippen molar-refractivity contribution in [3.05, 3.63) is 82.0 Å². The molecular formula is C20H13Cl2FN4O. The summed E-state index contributed by atoms with van der Waals surface area (Å²) in [5.74, 6) is -0.192. The molecule has 0 aliphatic heterocycles. The predicted octanol–water partition coefficient (Wildman–Crippen LogP) is 5.43. The number of aryl methyl sites for hydroxylation is 1. The molecule has 0 saturated carbocycles. The Hall–Kier alpha value is -2.96. The van der Waals surface area contributed by atoms with Crippen LogP contribution in [0.1, 0.15) is 16.2 Å². The van der Waals surface area contributed by atoms with Crippen LogP contribution in [0.15, 0.2) is 54.7 Å². The number of nitrogens with zero attached hydrogens (tertiary/aromatic N) is 3. The average molecular weight is 415 g/mol. The Morgan fingerprint density at radius 1 is 1.11 bits per heavy atom. The molecule has 4 rings (SSSR count). The molecule has 0 aliphatic rings. The third-order valence-corrected chi connectivity index (χ3v) is 4.84. The zero-order valence-electron chi connectivity index (χ0n) is 14.6. The van der Waals surface area contributed by atoms with Gasteiger partial charge in [-0.1, -0.05) is 23.2 Å². The van der Waals surface area contributed by atoms with Gasteiger partial charge in [0.25, 0.3) is 5.91 Å². The maximum Gasteiger partial charge on any atom is 0.255 e. The van der Waals surface area contributed by atoms with Crippen LogP contribution in [0.5, 0.6) is 0 Å². The lowest BCUT2D eigenvalue weighted by Gasteiger charge is -2.12. The number of hydrogen-bond acceptors (Lipinski definition) is 3. The van der Waals surface area contributed by atoms with Gasteiger partial charge >= 0.3 is 0 Å². The first kappa shape index (κ1) is 18.4. The molecule has 0 spiro atoms. The average Bonchev–Trinajstić information content (AvgIpc) is 3.00. The third kappa shape index (κ3) is 3.32. The first-order valence-corrected chi connectivity index (χ1v) is 9.06. The molecule has 2 aromatic carbocycles. The second-order valence-electron chi connectivity index (χ2n) is 6.09. The molecule has 0 unspecified atom stereocenters. The minimum atomic E-state index is -0.480. The van der Waals surface area contributed by atoms with E-state index in [-0.39, 0.29) is 5.02 Å². The molecule has 8 heteroatoms. The summed E-state index contributed by atoms with van der Waals surface area (Å²) in [4.78, 5) is 21.5. The monoisotopic (exact) mass is 414 g/mol. The predicted molar refractivity (Wildman–Crippen MR) is 108 cm³/mol. The fourth-order valence-corrected chi connectivity index (χ4v) is 3.34. The van der Waals surface area contributed by atoms with E-state index in [0.717, 1.165) is 11.6 Å². The number of nitrogens with one attached hydrogen (secondary N) is 1. The number of benzene rings is 2. The number of hydrogen-bond donors (Lipinski definition) is 1. The largest absolute Gasteiger partial charge is 0.321 e. The zero-order chi connectivity index (χ0) is 19.8. The molecule has 5 nitrogen and oxygen atoms in total. The third-order valence-electron chi connectivity index (χ3n) is 4.21. The first-order valence-electron chi connectivity index (χ1n) is 8.30. The highest BCUT2D eigenvalue weighted by Gasteiger charge is 2.16. The van der Waals surface area contributed by atoms with Crippen molar-refractivity contribution >= 4 is 46.0 Å². The molecule has 1 N–H and O–H groups in total. The molecule has 0 radical (unpaired) electrons. The van der Waals surface area contributed by atoms with Crippen LogP contribution in [0.25, 0.3) is 16.9 Å². The van der Waals surface area contributed by atoms with Crippen LogP contribution in [0.3, 0.4) is 0 Å². The van der Waals surface area contributed by atoms with Crippen LogP contribution in [-0.4, -0.2) is 20.4 Å². The van der Waals surface area contributed by atoms with Gasteiger partial charge in [-0.05, 0) is 55.5 Å². The van der Waals surface area contributed by atoms with Crippen LogP contribution >= 0.6 is 23.2 Å². The van der Waals surface area contributed by atoms with Crippen LogP contribution in [0.4, 0.5) is 10.1 Å². The molecule has 0 atom stereocenters. The number of carbonyl (C=O) groups is 1. The summed E-state index contributed by atoms with van der Waals surface area (Å²) in [5, 5.41) is 3.24. The van der Waals surface area contributed by atoms with Gasteiger partial charge in [0.15, 0.2) is 5.65 Å². The quantitative estimate of drug-likeness (QED) is 0.486. The number of pyridine rings is 1. The van der Waals surface area contributed by atoms with E-state index in [1.165, 1.54) is 12.1 Å². The topological polar surface area (TPSA) is 59.8 Å². The minimum Gasteiger partial charge on any atom is -0.321 e. The molecule has 0 fully saturated rings. The van der Waals surface area contributed by atoms with E-state index >= 15 is 0 Å². The molecular weight excluding hydrogens is 402 g/mol. The maximum absolute atomic E-state index is 13.2. The Kier molecular flexibility index (Phi) is 4.75. The van der Waals surface area contributed by atoms with Crippen molar-refractivity contribution in [1.29, 1.82) is 0 Å². The van der Waals surface area contributed by atoms with Crippen molar-refractivity contribution < 1.29 is 9.18 Å². The number of amides is 1. The summed E-state index contributed by atoms with van der Waals surface area (Å²) in [6.45, 7) is 1.84. The van der Waals surface area contributed by atoms with E-state index in [2.05, 4.69) is 15.3 Å². The summed E-state index contributed by atoms with van der Waals surface area (Å²) >= 11 is 12.4. The Morgan fingerprint density at radius 2 is 1.93 bits per heavy atom. The second-order valence-corrected chi connectivity index (χ2v) is 6.90. The number of imidazole rings is 1. The van der Waals surface area contributed by atoms with Crippen molar-refractivity contribution in [2.24, 2.45) is 0 Å². The minimum absolute atomic E-state index is 0.114. The van der Waals surface area contributed by atoms with Crippen molar-refractivity contribution in [3.63, 3.8) is 0 Å². The van der Waals surface area contributed by atoms with E-state index in [1.807, 2.05) is 13.0 Å². The summed E-state index contributed by atoms with van der Waals surface area (Å²) in [6, 6.07) is 12.3. The number of aromatic nitrogens is 3. The van der Waals surface area contributed by atoms with Crippen LogP contribution in [0, 0.1) is 12.7 Å². The SMILES string of the molecule is Cc1nc2cccnc2n1-c1cc(C(=O)Nc2ccc(F)cc2Cl)ccc1Cl. The molecule has 4 aromatic rings. The van der Waals surface area contributed by atoms with Gasteiger partial charge in [-0.25, -0.2) is 14.4 Å². The van der Waals surface area contributed by atoms with Gasteiger partial charge in [0.1, 0.15) is 17.2 Å². The van der Waals surface area contributed by atoms with Gasteiger partial charge < -0.3 is 5.32 Å². The zero-order valence-corrected chi connectivity index (χ0v) is 16.1. The summed E-state index contributed by atoms with van der Waals surface area (Å²) in [7, 11) is 0. The highest BCUT2D eigenvalue weighted by atomic mass is 35.5. The number of halogens is 3. The lowest BCUT2D eigenvalue weighted by atomic mass is 10.1. The fourth-order valence-electron chi connectivity index (χ4n) is 2.92. The lowest BCUT2D eigenvalue weighted by molar-refractivity contribution is 0.102. The molecule has 0 bridgehead atoms. The molecule has 2 heterocycles. The van der Waals surface area contributed by atoms with Crippen molar-refractivity contribution in [2.75, 3.05) is 5.32 Å². The number of anilines is 1. The van der Waals surface area contributed by atoms with E-state index in [0.29, 0.717) is 33.4 Å². The first-order chi connectivity index (χ1) is 13.4. The molecule has 2 aromatic heterocycles. The maximum atomic E-state index is 13.2. The molecule has 1 amide bonds. The van der Waals surface area contributed by atoms with E-state index in [9.17, 15) is 9.18 Å². The van der Waals surface area contributed by atoms with Crippen LogP contribution in [0.2, 0.25) is 10.0 Å². The standard InChI is InChI=1S/C20H13Cl2FN4O/c1-11-25-17-3-2-8-24-19(17)27(11)18-9-12(4-6-14(18)21)20(28)26-16-7-5-13(23)10-15(16)22/h2-10H,1H3,(H,26,28). The molecule has 0 saturated heterocycles. The normalized spacial score (nSPS) is 11.0. The Bertz CT molecular complexity index is 1220. The molecule has 140 valence electrons.